The quantitative estimate of drug-likeness (QED) is 0.902. The van der Waals surface area contributed by atoms with Gasteiger partial charge in [0.2, 0.25) is 5.91 Å². The lowest BCUT2D eigenvalue weighted by molar-refractivity contribution is -0.141. The number of nitrogens with one attached hydrogen (secondary N) is 1. The van der Waals surface area contributed by atoms with Crippen molar-refractivity contribution in [3.8, 4) is 0 Å². The number of aromatic nitrogens is 1. The molecular weight excluding hydrogens is 271 g/mol. The lowest BCUT2D eigenvalue weighted by atomic mass is 10.1. The van der Waals surface area contributed by atoms with E-state index >= 15 is 0 Å². The number of alkyl halides is 3. The number of hydrogen-bond acceptors (Lipinski definition) is 3. The summed E-state index contributed by atoms with van der Waals surface area (Å²) in [6.07, 6.45) is -2.87. The standard InChI is InChI=1S/C13H18F3N3O/c1-9(6-12(20)17-2)19(3)8-10-4-5-11(18-7-10)13(14,15)16/h4-5,7,9H,6,8H2,1-3H3,(H,17,20). The van der Waals surface area contributed by atoms with Crippen LogP contribution in [0.1, 0.15) is 24.6 Å². The number of carbonyl (C=O) groups excluding carboxylic acids is 1. The van der Waals surface area contributed by atoms with Crippen LogP contribution in [-0.4, -0.2) is 35.9 Å². The molecule has 0 aliphatic carbocycles. The largest absolute Gasteiger partial charge is 0.433 e. The van der Waals surface area contributed by atoms with E-state index in [1.54, 1.807) is 7.05 Å². The second-order valence-corrected chi connectivity index (χ2v) is 4.69. The van der Waals surface area contributed by atoms with Crippen molar-refractivity contribution in [2.45, 2.75) is 32.1 Å². The van der Waals surface area contributed by atoms with Crippen LogP contribution in [0.15, 0.2) is 18.3 Å². The lowest BCUT2D eigenvalue weighted by Gasteiger charge is -2.24. The Morgan fingerprint density at radius 3 is 2.55 bits per heavy atom. The lowest BCUT2D eigenvalue weighted by Crippen LogP contribution is -2.33. The Morgan fingerprint density at radius 1 is 1.45 bits per heavy atom. The highest BCUT2D eigenvalue weighted by Crippen LogP contribution is 2.27. The number of pyridine rings is 1. The minimum atomic E-state index is -4.42. The molecular formula is C13H18F3N3O. The molecule has 1 aromatic heterocycles. The zero-order valence-corrected chi connectivity index (χ0v) is 11.7. The number of rotatable bonds is 5. The van der Waals surface area contributed by atoms with Crippen molar-refractivity contribution in [1.29, 1.82) is 0 Å². The van der Waals surface area contributed by atoms with Gasteiger partial charge in [0, 0.05) is 32.3 Å². The fourth-order valence-electron chi connectivity index (χ4n) is 1.66. The maximum absolute atomic E-state index is 12.4. The molecule has 0 fully saturated rings. The molecule has 0 aliphatic heterocycles. The molecule has 1 rings (SSSR count). The fourth-order valence-corrected chi connectivity index (χ4v) is 1.66. The van der Waals surface area contributed by atoms with Gasteiger partial charge in [0.15, 0.2) is 0 Å². The molecule has 112 valence electrons. The maximum Gasteiger partial charge on any atom is 0.433 e. The zero-order valence-electron chi connectivity index (χ0n) is 11.7. The summed E-state index contributed by atoms with van der Waals surface area (Å²) in [5.74, 6) is -0.0742. The summed E-state index contributed by atoms with van der Waals surface area (Å²) < 4.78 is 37.1. The molecule has 1 atom stereocenters. The van der Waals surface area contributed by atoms with Crippen LogP contribution in [0.2, 0.25) is 0 Å². The van der Waals surface area contributed by atoms with Gasteiger partial charge in [-0.1, -0.05) is 6.07 Å². The minimum Gasteiger partial charge on any atom is -0.359 e. The van der Waals surface area contributed by atoms with Gasteiger partial charge in [0.1, 0.15) is 5.69 Å². The fraction of sp³-hybridized carbons (Fsp3) is 0.538. The molecule has 4 nitrogen and oxygen atoms in total. The van der Waals surface area contributed by atoms with E-state index in [4.69, 9.17) is 0 Å². The van der Waals surface area contributed by atoms with Crippen molar-refractivity contribution in [3.05, 3.63) is 29.6 Å². The number of carbonyl (C=O) groups is 1. The van der Waals surface area contributed by atoms with Gasteiger partial charge in [-0.2, -0.15) is 13.2 Å². The summed E-state index contributed by atoms with van der Waals surface area (Å²) in [5, 5.41) is 2.54. The molecule has 1 unspecified atom stereocenters. The summed E-state index contributed by atoms with van der Waals surface area (Å²) in [4.78, 5) is 16.6. The molecule has 0 aromatic carbocycles. The zero-order chi connectivity index (χ0) is 15.3. The van der Waals surface area contributed by atoms with E-state index in [0.717, 1.165) is 6.07 Å². The average Bonchev–Trinajstić information content (AvgIpc) is 2.38. The normalized spacial score (nSPS) is 13.3. The number of nitrogens with zero attached hydrogens (tertiary/aromatic N) is 2. The Hall–Kier alpha value is -1.63. The highest BCUT2D eigenvalue weighted by molar-refractivity contribution is 5.76. The van der Waals surface area contributed by atoms with E-state index in [1.807, 2.05) is 18.9 Å². The first-order valence-electron chi connectivity index (χ1n) is 6.17. The van der Waals surface area contributed by atoms with E-state index in [-0.39, 0.29) is 11.9 Å². The molecule has 0 radical (unpaired) electrons. The average molecular weight is 289 g/mol. The Balaban J connectivity index is 2.62. The molecule has 20 heavy (non-hydrogen) atoms. The van der Waals surface area contributed by atoms with Crippen molar-refractivity contribution in [2.75, 3.05) is 14.1 Å². The van der Waals surface area contributed by atoms with E-state index < -0.39 is 11.9 Å². The van der Waals surface area contributed by atoms with Gasteiger partial charge >= 0.3 is 6.18 Å². The van der Waals surface area contributed by atoms with Crippen LogP contribution in [0, 0.1) is 0 Å². The van der Waals surface area contributed by atoms with Gasteiger partial charge in [-0.3, -0.25) is 14.7 Å². The monoisotopic (exact) mass is 289 g/mol. The highest BCUT2D eigenvalue weighted by Gasteiger charge is 2.32. The predicted octanol–water partition coefficient (Wildman–Crippen LogP) is 2.06. The van der Waals surface area contributed by atoms with E-state index in [2.05, 4.69) is 10.3 Å². The molecule has 0 saturated heterocycles. The Kier molecular flexibility index (Phi) is 5.50. The third-order valence-electron chi connectivity index (χ3n) is 3.06. The van der Waals surface area contributed by atoms with Crippen LogP contribution in [0.5, 0.6) is 0 Å². The van der Waals surface area contributed by atoms with Gasteiger partial charge in [-0.25, -0.2) is 0 Å². The van der Waals surface area contributed by atoms with Crippen LogP contribution in [-0.2, 0) is 17.5 Å². The van der Waals surface area contributed by atoms with Gasteiger partial charge in [-0.05, 0) is 25.6 Å². The molecule has 1 aromatic rings. The molecule has 0 spiro atoms. The van der Waals surface area contributed by atoms with Crippen LogP contribution in [0.3, 0.4) is 0 Å². The summed E-state index contributed by atoms with van der Waals surface area (Å²) in [7, 11) is 3.38. The van der Waals surface area contributed by atoms with Crippen LogP contribution >= 0.6 is 0 Å². The molecule has 1 heterocycles. The topological polar surface area (TPSA) is 45.2 Å². The van der Waals surface area contributed by atoms with Gasteiger partial charge in [0.05, 0.1) is 0 Å². The highest BCUT2D eigenvalue weighted by atomic mass is 19.4. The van der Waals surface area contributed by atoms with Crippen LogP contribution < -0.4 is 5.32 Å². The number of amides is 1. The summed E-state index contributed by atoms with van der Waals surface area (Å²) >= 11 is 0. The van der Waals surface area contributed by atoms with Crippen LogP contribution in [0.4, 0.5) is 13.2 Å². The minimum absolute atomic E-state index is 0.0164. The summed E-state index contributed by atoms with van der Waals surface area (Å²) in [6, 6.07) is 2.35. The van der Waals surface area contributed by atoms with Crippen molar-refractivity contribution in [3.63, 3.8) is 0 Å². The van der Waals surface area contributed by atoms with Crippen LogP contribution in [0.25, 0.3) is 0 Å². The van der Waals surface area contributed by atoms with Gasteiger partial charge in [0.25, 0.3) is 0 Å². The third kappa shape index (κ3) is 4.80. The van der Waals surface area contributed by atoms with Crippen molar-refractivity contribution >= 4 is 5.91 Å². The molecule has 0 bridgehead atoms. The molecule has 7 heteroatoms. The summed E-state index contributed by atoms with van der Waals surface area (Å²) in [6.45, 7) is 2.32. The number of halogens is 3. The first-order valence-corrected chi connectivity index (χ1v) is 6.17. The molecule has 0 aliphatic rings. The SMILES string of the molecule is CNC(=O)CC(C)N(C)Cc1ccc(C(F)(F)F)nc1. The van der Waals surface area contributed by atoms with Gasteiger partial charge < -0.3 is 5.32 Å². The van der Waals surface area contributed by atoms with E-state index in [9.17, 15) is 18.0 Å². The Morgan fingerprint density at radius 2 is 2.10 bits per heavy atom. The van der Waals surface area contributed by atoms with E-state index in [1.165, 1.54) is 12.3 Å². The Labute approximate surface area is 116 Å². The van der Waals surface area contributed by atoms with Crippen molar-refractivity contribution in [2.24, 2.45) is 0 Å². The van der Waals surface area contributed by atoms with E-state index in [0.29, 0.717) is 18.5 Å². The van der Waals surface area contributed by atoms with Crippen molar-refractivity contribution in [1.82, 2.24) is 15.2 Å². The van der Waals surface area contributed by atoms with Gasteiger partial charge in [-0.15, -0.1) is 0 Å². The third-order valence-corrected chi connectivity index (χ3v) is 3.06. The first kappa shape index (κ1) is 16.4. The summed E-state index contributed by atoms with van der Waals surface area (Å²) in [5.41, 5.74) is -0.230. The maximum atomic E-state index is 12.4. The molecule has 0 saturated carbocycles. The van der Waals surface area contributed by atoms with Crippen molar-refractivity contribution < 1.29 is 18.0 Å². The predicted molar refractivity (Wildman–Crippen MR) is 68.9 cm³/mol. The Bertz CT molecular complexity index is 445. The molecule has 1 N–H and O–H groups in total. The number of hydrogen-bond donors (Lipinski definition) is 1. The first-order chi connectivity index (χ1) is 9.24. The smallest absolute Gasteiger partial charge is 0.359 e. The second kappa shape index (κ2) is 6.69. The second-order valence-electron chi connectivity index (χ2n) is 4.69. The molecule has 1 amide bonds.